The minimum atomic E-state index is -4.42. The molecule has 0 saturated heterocycles. The van der Waals surface area contributed by atoms with Crippen LogP contribution in [-0.4, -0.2) is 53.1 Å². The number of amides is 1. The van der Waals surface area contributed by atoms with E-state index in [1.165, 1.54) is 19.2 Å². The highest BCUT2D eigenvalue weighted by Crippen LogP contribution is 2.34. The van der Waals surface area contributed by atoms with Crippen LogP contribution in [0.2, 0.25) is 0 Å². The normalized spacial score (nSPS) is 11.8. The maximum Gasteiger partial charge on any atom is 0.416 e. The fourth-order valence-electron chi connectivity index (χ4n) is 4.46. The SMILES string of the molecule is COC(=O)CCCCCCOCCNC(=O)c1ccc2c(c1)c1cn(C)nc1n2-c1ccc(C(F)(F)F)cc1. The van der Waals surface area contributed by atoms with E-state index in [0.717, 1.165) is 54.1 Å². The number of nitrogens with one attached hydrogen (secondary N) is 1. The minimum absolute atomic E-state index is 0.192. The number of alkyl halides is 3. The summed E-state index contributed by atoms with van der Waals surface area (Å²) in [6, 6.07) is 10.2. The standard InChI is InChI=1S/C28H31F3N4O4/c1-34-18-23-22-17-19(27(37)32-14-16-39-15-6-4-3-5-7-25(36)38-2)8-13-24(22)35(26(23)33-34)21-11-9-20(10-12-21)28(29,30)31/h8-13,17-18H,3-7,14-16H2,1-2H3,(H,32,37). The van der Waals surface area contributed by atoms with E-state index in [2.05, 4.69) is 15.2 Å². The third-order valence-corrected chi connectivity index (χ3v) is 6.44. The van der Waals surface area contributed by atoms with Gasteiger partial charge in [0.25, 0.3) is 5.91 Å². The largest absolute Gasteiger partial charge is 0.469 e. The fourth-order valence-corrected chi connectivity index (χ4v) is 4.46. The molecule has 0 bridgehead atoms. The van der Waals surface area contributed by atoms with Crippen molar-refractivity contribution in [2.75, 3.05) is 26.9 Å². The van der Waals surface area contributed by atoms with Gasteiger partial charge in [0.1, 0.15) is 0 Å². The molecule has 2 heterocycles. The summed E-state index contributed by atoms with van der Waals surface area (Å²) in [5.74, 6) is -0.439. The van der Waals surface area contributed by atoms with Crippen molar-refractivity contribution >= 4 is 33.8 Å². The van der Waals surface area contributed by atoms with Crippen molar-refractivity contribution in [3.05, 3.63) is 59.8 Å². The topological polar surface area (TPSA) is 87.4 Å². The minimum Gasteiger partial charge on any atom is -0.469 e. The summed E-state index contributed by atoms with van der Waals surface area (Å²) in [4.78, 5) is 23.9. The smallest absolute Gasteiger partial charge is 0.416 e. The molecule has 0 unspecified atom stereocenters. The number of halogens is 3. The lowest BCUT2D eigenvalue weighted by molar-refractivity contribution is -0.140. The summed E-state index contributed by atoms with van der Waals surface area (Å²) in [5, 5.41) is 8.92. The Bertz CT molecular complexity index is 1440. The van der Waals surface area contributed by atoms with Crippen LogP contribution in [0.3, 0.4) is 0 Å². The number of esters is 1. The van der Waals surface area contributed by atoms with Crippen LogP contribution >= 0.6 is 0 Å². The van der Waals surface area contributed by atoms with Crippen LogP contribution in [0.1, 0.15) is 48.0 Å². The first-order valence-electron chi connectivity index (χ1n) is 12.8. The molecule has 1 amide bonds. The van der Waals surface area contributed by atoms with E-state index < -0.39 is 11.7 Å². The summed E-state index contributed by atoms with van der Waals surface area (Å²) in [5.41, 5.74) is 1.60. The Labute approximate surface area is 223 Å². The first kappa shape index (κ1) is 28.2. The van der Waals surface area contributed by atoms with Gasteiger partial charge < -0.3 is 14.8 Å². The van der Waals surface area contributed by atoms with Crippen molar-refractivity contribution in [1.82, 2.24) is 19.7 Å². The van der Waals surface area contributed by atoms with Crippen LogP contribution in [0, 0.1) is 0 Å². The van der Waals surface area contributed by atoms with E-state index in [4.69, 9.17) is 4.74 Å². The molecule has 4 rings (SSSR count). The molecule has 208 valence electrons. The molecule has 0 atom stereocenters. The van der Waals surface area contributed by atoms with Gasteiger partial charge in [-0.15, -0.1) is 0 Å². The second-order valence-corrected chi connectivity index (χ2v) is 9.26. The molecule has 0 saturated carbocycles. The Kier molecular flexibility index (Phi) is 8.90. The fraction of sp³-hybridized carbons (Fsp3) is 0.393. The zero-order chi connectivity index (χ0) is 28.0. The predicted molar refractivity (Wildman–Crippen MR) is 141 cm³/mol. The summed E-state index contributed by atoms with van der Waals surface area (Å²) >= 11 is 0. The van der Waals surface area contributed by atoms with Gasteiger partial charge in [-0.05, 0) is 55.3 Å². The first-order chi connectivity index (χ1) is 18.7. The van der Waals surface area contributed by atoms with E-state index in [9.17, 15) is 22.8 Å². The van der Waals surface area contributed by atoms with Gasteiger partial charge in [-0.3, -0.25) is 18.8 Å². The highest BCUT2D eigenvalue weighted by molar-refractivity contribution is 6.10. The van der Waals surface area contributed by atoms with E-state index in [-0.39, 0.29) is 11.9 Å². The van der Waals surface area contributed by atoms with E-state index in [1.54, 1.807) is 34.5 Å². The average Bonchev–Trinajstić information content (AvgIpc) is 3.43. The number of methoxy groups -OCH3 is 1. The molecule has 2 aromatic heterocycles. The van der Waals surface area contributed by atoms with Gasteiger partial charge in [0.2, 0.25) is 0 Å². The van der Waals surface area contributed by atoms with Gasteiger partial charge in [-0.2, -0.15) is 18.3 Å². The molecular weight excluding hydrogens is 513 g/mol. The van der Waals surface area contributed by atoms with Gasteiger partial charge in [0, 0.05) is 54.8 Å². The van der Waals surface area contributed by atoms with Crippen LogP contribution < -0.4 is 5.32 Å². The molecule has 11 heteroatoms. The lowest BCUT2D eigenvalue weighted by Crippen LogP contribution is -2.27. The Morgan fingerprint density at radius 3 is 2.44 bits per heavy atom. The molecule has 1 N–H and O–H groups in total. The number of ether oxygens (including phenoxy) is 2. The summed E-state index contributed by atoms with van der Waals surface area (Å²) in [6.45, 7) is 1.32. The quantitative estimate of drug-likeness (QED) is 0.191. The Balaban J connectivity index is 1.37. The highest BCUT2D eigenvalue weighted by Gasteiger charge is 2.30. The number of aryl methyl sites for hydroxylation is 1. The van der Waals surface area contributed by atoms with Crippen LogP contribution in [0.5, 0.6) is 0 Å². The zero-order valence-corrected chi connectivity index (χ0v) is 21.9. The summed E-state index contributed by atoms with van der Waals surface area (Å²) in [6.07, 6.45) is 1.40. The first-order valence-corrected chi connectivity index (χ1v) is 12.8. The molecule has 8 nitrogen and oxygen atoms in total. The number of benzene rings is 2. The van der Waals surface area contributed by atoms with E-state index in [0.29, 0.717) is 43.1 Å². The molecule has 39 heavy (non-hydrogen) atoms. The number of fused-ring (bicyclic) bond motifs is 3. The van der Waals surface area contributed by atoms with Gasteiger partial charge in [0.15, 0.2) is 5.65 Å². The molecule has 0 spiro atoms. The number of unbranched alkanes of at least 4 members (excludes halogenated alkanes) is 3. The Morgan fingerprint density at radius 2 is 1.72 bits per heavy atom. The van der Waals surface area contributed by atoms with Gasteiger partial charge in [-0.1, -0.05) is 12.8 Å². The number of rotatable bonds is 12. The second-order valence-electron chi connectivity index (χ2n) is 9.26. The molecule has 4 aromatic rings. The van der Waals surface area contributed by atoms with Crippen LogP contribution in [0.4, 0.5) is 13.2 Å². The van der Waals surface area contributed by atoms with E-state index >= 15 is 0 Å². The van der Waals surface area contributed by atoms with Gasteiger partial charge in [-0.25, -0.2) is 0 Å². The van der Waals surface area contributed by atoms with Crippen LogP contribution in [0.25, 0.3) is 27.6 Å². The number of hydrogen-bond acceptors (Lipinski definition) is 5. The molecule has 0 aliphatic heterocycles. The number of nitrogens with zero attached hydrogens (tertiary/aromatic N) is 3. The van der Waals surface area contributed by atoms with Gasteiger partial charge in [0.05, 0.1) is 24.8 Å². The summed E-state index contributed by atoms with van der Waals surface area (Å²) < 4.78 is 52.8. The number of hydrogen-bond donors (Lipinski definition) is 1. The second kappa shape index (κ2) is 12.3. The molecule has 0 radical (unpaired) electrons. The number of aromatic nitrogens is 3. The maximum atomic E-state index is 13.0. The van der Waals surface area contributed by atoms with Gasteiger partial charge >= 0.3 is 12.1 Å². The number of carbonyl (C=O) groups is 2. The van der Waals surface area contributed by atoms with Crippen molar-refractivity contribution in [3.63, 3.8) is 0 Å². The third kappa shape index (κ3) is 6.78. The monoisotopic (exact) mass is 544 g/mol. The molecule has 2 aromatic carbocycles. The van der Waals surface area contributed by atoms with E-state index in [1.807, 2.05) is 6.20 Å². The maximum absolute atomic E-state index is 13.0. The van der Waals surface area contributed by atoms with Crippen molar-refractivity contribution < 1.29 is 32.2 Å². The molecule has 0 aliphatic carbocycles. The zero-order valence-electron chi connectivity index (χ0n) is 21.9. The van der Waals surface area contributed by atoms with Crippen molar-refractivity contribution in [2.24, 2.45) is 7.05 Å². The Hall–Kier alpha value is -3.86. The van der Waals surface area contributed by atoms with Crippen molar-refractivity contribution in [3.8, 4) is 5.69 Å². The van der Waals surface area contributed by atoms with Crippen molar-refractivity contribution in [2.45, 2.75) is 38.3 Å². The average molecular weight is 545 g/mol. The number of carbonyl (C=O) groups excluding carboxylic acids is 2. The lowest BCUT2D eigenvalue weighted by atomic mass is 10.1. The molecular formula is C28H31F3N4O4. The molecule has 0 aliphatic rings. The molecule has 0 fully saturated rings. The van der Waals surface area contributed by atoms with Crippen molar-refractivity contribution in [1.29, 1.82) is 0 Å². The Morgan fingerprint density at radius 1 is 0.974 bits per heavy atom. The predicted octanol–water partition coefficient (Wildman–Crippen LogP) is 5.41. The lowest BCUT2D eigenvalue weighted by Gasteiger charge is -2.10. The summed E-state index contributed by atoms with van der Waals surface area (Å²) in [7, 11) is 3.15. The highest BCUT2D eigenvalue weighted by atomic mass is 19.4. The van der Waals surface area contributed by atoms with Crippen LogP contribution in [0.15, 0.2) is 48.7 Å². The third-order valence-electron chi connectivity index (χ3n) is 6.44. The van der Waals surface area contributed by atoms with Crippen LogP contribution in [-0.2, 0) is 27.5 Å².